The van der Waals surface area contributed by atoms with Crippen LogP contribution in [0.1, 0.15) is 29.8 Å². The van der Waals surface area contributed by atoms with Crippen LogP contribution in [-0.4, -0.2) is 29.1 Å². The summed E-state index contributed by atoms with van der Waals surface area (Å²) in [6, 6.07) is 11.2. The third-order valence-corrected chi connectivity index (χ3v) is 6.19. The minimum Gasteiger partial charge on any atom is -0.450 e. The highest BCUT2D eigenvalue weighted by molar-refractivity contribution is 9.10. The summed E-state index contributed by atoms with van der Waals surface area (Å²) in [6.07, 6.45) is 0.378. The lowest BCUT2D eigenvalue weighted by molar-refractivity contribution is 0.0932. The first kappa shape index (κ1) is 18.7. The number of ether oxygens (including phenoxy) is 1. The van der Waals surface area contributed by atoms with Crippen LogP contribution in [-0.2, 0) is 11.2 Å². The third-order valence-electron chi connectivity index (χ3n) is 4.87. The second kappa shape index (κ2) is 7.38. The molecule has 0 spiro atoms. The van der Waals surface area contributed by atoms with E-state index in [2.05, 4.69) is 27.0 Å². The third kappa shape index (κ3) is 3.22. The van der Waals surface area contributed by atoms with Crippen molar-refractivity contribution in [2.45, 2.75) is 19.4 Å². The van der Waals surface area contributed by atoms with Crippen LogP contribution in [0.15, 0.2) is 40.9 Å². The van der Waals surface area contributed by atoms with E-state index < -0.39 is 0 Å². The molecule has 27 heavy (non-hydrogen) atoms. The van der Waals surface area contributed by atoms with Gasteiger partial charge in [-0.05, 0) is 43.2 Å². The fraction of sp³-hybridized carbons (Fsp3) is 0.250. The van der Waals surface area contributed by atoms with E-state index in [0.29, 0.717) is 23.2 Å². The molecule has 0 bridgehead atoms. The normalized spacial score (nSPS) is 16.4. The van der Waals surface area contributed by atoms with Crippen molar-refractivity contribution in [1.29, 1.82) is 0 Å². The number of H-pyrrole nitrogens is 1. The van der Waals surface area contributed by atoms with Crippen LogP contribution in [0.2, 0.25) is 10.0 Å². The van der Waals surface area contributed by atoms with Crippen molar-refractivity contribution in [2.24, 2.45) is 0 Å². The van der Waals surface area contributed by atoms with Crippen LogP contribution in [0.5, 0.6) is 0 Å². The molecule has 1 unspecified atom stereocenters. The van der Waals surface area contributed by atoms with Crippen LogP contribution >= 0.6 is 39.1 Å². The smallest absolute Gasteiger partial charge is 0.410 e. The number of nitrogens with zero attached hydrogens (tertiary/aromatic N) is 1. The molecule has 3 aromatic rings. The zero-order valence-corrected chi connectivity index (χ0v) is 17.7. The first-order valence-corrected chi connectivity index (χ1v) is 10.2. The lowest BCUT2D eigenvalue weighted by atomic mass is 9.92. The Labute approximate surface area is 175 Å². The summed E-state index contributed by atoms with van der Waals surface area (Å²) in [5.74, 6) is 0. The van der Waals surface area contributed by atoms with E-state index in [-0.39, 0.29) is 12.1 Å². The number of nitrogens with one attached hydrogen (secondary N) is 1. The minimum absolute atomic E-state index is 0.317. The topological polar surface area (TPSA) is 45.3 Å². The van der Waals surface area contributed by atoms with Crippen LogP contribution in [0.25, 0.3) is 10.9 Å². The monoisotopic (exact) mass is 466 g/mol. The maximum atomic E-state index is 12.7. The molecule has 2 heterocycles. The van der Waals surface area contributed by atoms with Gasteiger partial charge in [-0.25, -0.2) is 4.79 Å². The number of halogens is 3. The number of aromatic amines is 1. The predicted molar refractivity (Wildman–Crippen MR) is 112 cm³/mol. The molecule has 1 aliphatic rings. The predicted octanol–water partition coefficient (Wildman–Crippen LogP) is 6.34. The molecule has 0 fully saturated rings. The molecule has 1 atom stereocenters. The molecule has 0 saturated heterocycles. The van der Waals surface area contributed by atoms with Gasteiger partial charge >= 0.3 is 6.09 Å². The number of hydrogen-bond acceptors (Lipinski definition) is 2. The fourth-order valence-electron chi connectivity index (χ4n) is 3.72. The molecular weight excluding hydrogens is 451 g/mol. The SMILES string of the molecule is CCOC(=O)N1CCc2c([nH]c3ccc(Br)cc23)C1c1cccc(Cl)c1Cl. The Morgan fingerprint density at radius 1 is 1.33 bits per heavy atom. The average Bonchev–Trinajstić information content (AvgIpc) is 3.01. The van der Waals surface area contributed by atoms with Crippen LogP contribution in [0, 0.1) is 0 Å². The van der Waals surface area contributed by atoms with Crippen molar-refractivity contribution in [3.8, 4) is 0 Å². The number of fused-ring (bicyclic) bond motifs is 3. The van der Waals surface area contributed by atoms with Gasteiger partial charge in [0.05, 0.1) is 16.7 Å². The van der Waals surface area contributed by atoms with Crippen molar-refractivity contribution in [3.63, 3.8) is 0 Å². The summed E-state index contributed by atoms with van der Waals surface area (Å²) in [5, 5.41) is 2.06. The first-order chi connectivity index (χ1) is 13.0. The molecule has 2 aromatic carbocycles. The van der Waals surface area contributed by atoms with E-state index in [1.54, 1.807) is 17.9 Å². The summed E-state index contributed by atoms with van der Waals surface area (Å²) in [4.78, 5) is 17.9. The zero-order chi connectivity index (χ0) is 19.1. The van der Waals surface area contributed by atoms with E-state index in [4.69, 9.17) is 27.9 Å². The standard InChI is InChI=1S/C20H17BrCl2N2O2/c1-2-27-20(26)25-9-8-12-14-10-11(21)6-7-16(14)24-18(12)19(25)13-4-3-5-15(22)17(13)23/h3-7,10,19,24H,2,8-9H2,1H3. The first-order valence-electron chi connectivity index (χ1n) is 8.68. The molecular formula is C20H17BrCl2N2O2. The number of rotatable bonds is 2. The summed E-state index contributed by atoms with van der Waals surface area (Å²) in [5.41, 5.74) is 3.94. The van der Waals surface area contributed by atoms with E-state index in [1.165, 1.54) is 5.56 Å². The molecule has 0 aliphatic carbocycles. The van der Waals surface area contributed by atoms with Gasteiger partial charge in [0.2, 0.25) is 0 Å². The number of carbonyl (C=O) groups excluding carboxylic acids is 1. The summed E-state index contributed by atoms with van der Waals surface area (Å²) < 4.78 is 6.32. The molecule has 4 rings (SSSR count). The van der Waals surface area contributed by atoms with Crippen LogP contribution in [0.4, 0.5) is 4.79 Å². The quantitative estimate of drug-likeness (QED) is 0.477. The summed E-state index contributed by atoms with van der Waals surface area (Å²) in [6.45, 7) is 2.66. The highest BCUT2D eigenvalue weighted by atomic mass is 79.9. The summed E-state index contributed by atoms with van der Waals surface area (Å²) in [7, 11) is 0. The second-order valence-electron chi connectivity index (χ2n) is 6.40. The Morgan fingerprint density at radius 2 is 2.15 bits per heavy atom. The maximum Gasteiger partial charge on any atom is 0.410 e. The van der Waals surface area contributed by atoms with Gasteiger partial charge < -0.3 is 9.72 Å². The molecule has 140 valence electrons. The molecule has 1 amide bonds. The van der Waals surface area contributed by atoms with Crippen molar-refractivity contribution < 1.29 is 9.53 Å². The molecule has 1 aliphatic heterocycles. The van der Waals surface area contributed by atoms with Gasteiger partial charge in [-0.3, -0.25) is 4.90 Å². The fourth-order valence-corrected chi connectivity index (χ4v) is 4.49. The van der Waals surface area contributed by atoms with E-state index in [0.717, 1.165) is 33.1 Å². The zero-order valence-electron chi connectivity index (χ0n) is 14.6. The van der Waals surface area contributed by atoms with Crippen molar-refractivity contribution in [1.82, 2.24) is 9.88 Å². The van der Waals surface area contributed by atoms with Crippen molar-refractivity contribution in [2.75, 3.05) is 13.2 Å². The highest BCUT2D eigenvalue weighted by Crippen LogP contribution is 2.42. The molecule has 0 radical (unpaired) electrons. The average molecular weight is 468 g/mol. The molecule has 1 aromatic heterocycles. The number of amides is 1. The van der Waals surface area contributed by atoms with Crippen LogP contribution < -0.4 is 0 Å². The second-order valence-corrected chi connectivity index (χ2v) is 8.10. The van der Waals surface area contributed by atoms with Crippen molar-refractivity contribution >= 4 is 56.1 Å². The van der Waals surface area contributed by atoms with Gasteiger partial charge in [-0.2, -0.15) is 0 Å². The van der Waals surface area contributed by atoms with Gasteiger partial charge in [0.15, 0.2) is 0 Å². The lowest BCUT2D eigenvalue weighted by Gasteiger charge is -2.35. The molecule has 0 saturated carbocycles. The Balaban J connectivity index is 1.93. The Morgan fingerprint density at radius 3 is 2.93 bits per heavy atom. The van der Waals surface area contributed by atoms with Gasteiger partial charge in [0.25, 0.3) is 0 Å². The highest BCUT2D eigenvalue weighted by Gasteiger charge is 2.36. The van der Waals surface area contributed by atoms with Gasteiger partial charge in [-0.15, -0.1) is 0 Å². The molecule has 1 N–H and O–H groups in total. The summed E-state index contributed by atoms with van der Waals surface area (Å²) >= 11 is 16.3. The van der Waals surface area contributed by atoms with Gasteiger partial charge in [0.1, 0.15) is 6.04 Å². The number of benzene rings is 2. The number of carbonyl (C=O) groups is 1. The Kier molecular flexibility index (Phi) is 5.10. The maximum absolute atomic E-state index is 12.7. The van der Waals surface area contributed by atoms with Crippen LogP contribution in [0.3, 0.4) is 0 Å². The molecule has 4 nitrogen and oxygen atoms in total. The van der Waals surface area contributed by atoms with E-state index >= 15 is 0 Å². The number of hydrogen-bond donors (Lipinski definition) is 1. The van der Waals surface area contributed by atoms with E-state index in [1.807, 2.05) is 24.3 Å². The van der Waals surface area contributed by atoms with Crippen molar-refractivity contribution in [3.05, 3.63) is 67.7 Å². The number of aromatic nitrogens is 1. The lowest BCUT2D eigenvalue weighted by Crippen LogP contribution is -2.41. The Hall–Kier alpha value is -1.69. The molecule has 7 heteroatoms. The minimum atomic E-state index is -0.384. The largest absolute Gasteiger partial charge is 0.450 e. The van der Waals surface area contributed by atoms with Gasteiger partial charge in [-0.1, -0.05) is 51.3 Å². The Bertz CT molecular complexity index is 1030. The van der Waals surface area contributed by atoms with E-state index in [9.17, 15) is 4.79 Å². The van der Waals surface area contributed by atoms with Gasteiger partial charge in [0, 0.05) is 33.2 Å².